The lowest BCUT2D eigenvalue weighted by atomic mass is 10.1. The van der Waals surface area contributed by atoms with Crippen LogP contribution >= 0.6 is 23.1 Å². The Kier molecular flexibility index (Phi) is 7.15. The van der Waals surface area contributed by atoms with E-state index in [2.05, 4.69) is 83.7 Å². The standard InChI is InChI=1S/C23H20N2S2.HI/c1-3-9-17-10-7-13-20-23(17)25(16-4-2)22(27-20)15-8-14-21-24-18-11-5-6-12-19(18)26-21;/h3-8,10-15H,1-2,9,16H2;1H. The number of thiazole rings is 1. The van der Waals surface area contributed by atoms with E-state index in [-0.39, 0.29) is 24.0 Å². The molecule has 3 aromatic rings. The maximum Gasteiger partial charge on any atom is 0.263 e. The van der Waals surface area contributed by atoms with Gasteiger partial charge >= 0.3 is 0 Å². The van der Waals surface area contributed by atoms with Gasteiger partial charge in [-0.3, -0.25) is 0 Å². The topological polar surface area (TPSA) is 15.9 Å². The number of rotatable bonds is 6. The number of fused-ring (bicyclic) bond motifs is 2. The van der Waals surface area contributed by atoms with Crippen molar-refractivity contribution in [2.75, 3.05) is 5.32 Å². The largest absolute Gasteiger partial charge is 1.00 e. The second-order valence-corrected chi connectivity index (χ2v) is 8.36. The molecule has 1 N–H and O–H groups in total. The van der Waals surface area contributed by atoms with E-state index in [0.29, 0.717) is 0 Å². The van der Waals surface area contributed by atoms with Gasteiger partial charge in [-0.1, -0.05) is 66.1 Å². The number of benzene rings is 2. The normalized spacial score (nSPS) is 14.1. The summed E-state index contributed by atoms with van der Waals surface area (Å²) in [6.07, 6.45) is 11.2. The number of allylic oxidation sites excluding steroid dienone is 4. The van der Waals surface area contributed by atoms with Crippen LogP contribution in [0.15, 0.2) is 89.9 Å². The molecule has 1 aliphatic rings. The number of anilines is 1. The summed E-state index contributed by atoms with van der Waals surface area (Å²) in [6.45, 7) is 8.63. The predicted molar refractivity (Wildman–Crippen MR) is 119 cm³/mol. The molecule has 1 aromatic heterocycles. The van der Waals surface area contributed by atoms with Gasteiger partial charge in [0.25, 0.3) is 5.01 Å². The molecule has 0 amide bonds. The van der Waals surface area contributed by atoms with E-state index in [1.807, 2.05) is 23.5 Å². The first-order chi connectivity index (χ1) is 13.3. The van der Waals surface area contributed by atoms with E-state index in [0.717, 1.165) is 18.0 Å². The van der Waals surface area contributed by atoms with Crippen LogP contribution in [0, 0.1) is 0 Å². The number of hydrogen-bond acceptors (Lipinski definition) is 3. The molecule has 0 radical (unpaired) electrons. The van der Waals surface area contributed by atoms with Crippen LogP contribution in [0.1, 0.15) is 10.6 Å². The molecule has 2 nitrogen and oxygen atoms in total. The van der Waals surface area contributed by atoms with Crippen molar-refractivity contribution in [3.05, 3.63) is 95.5 Å². The SMILES string of the molecule is C=CCc1cccc2sc(C=CC=C3Nc4ccccc4S3)[n+](CC=C)c12.[I-]. The zero-order valence-electron chi connectivity index (χ0n) is 15.4. The number of halogens is 1. The number of nitrogens with zero attached hydrogens (tertiary/aromatic N) is 1. The summed E-state index contributed by atoms with van der Waals surface area (Å²) >= 11 is 3.58. The van der Waals surface area contributed by atoms with Crippen molar-refractivity contribution in [3.63, 3.8) is 0 Å². The second kappa shape index (κ2) is 9.58. The number of hydrogen-bond donors (Lipinski definition) is 1. The van der Waals surface area contributed by atoms with E-state index in [4.69, 9.17) is 0 Å². The first kappa shape index (κ1) is 20.9. The third-order valence-corrected chi connectivity index (χ3v) is 6.51. The number of nitrogens with one attached hydrogen (secondary N) is 1. The highest BCUT2D eigenvalue weighted by atomic mass is 127. The minimum absolute atomic E-state index is 0. The fourth-order valence-electron chi connectivity index (χ4n) is 3.22. The molecule has 4 rings (SSSR count). The summed E-state index contributed by atoms with van der Waals surface area (Å²) in [7, 11) is 0. The van der Waals surface area contributed by atoms with E-state index >= 15 is 0 Å². The van der Waals surface area contributed by atoms with Crippen LogP contribution in [0.4, 0.5) is 5.69 Å². The Morgan fingerprint density at radius 2 is 1.89 bits per heavy atom. The van der Waals surface area contributed by atoms with Gasteiger partial charge in [0.05, 0.1) is 10.7 Å². The number of aromatic nitrogens is 1. The van der Waals surface area contributed by atoms with Gasteiger partial charge in [-0.2, -0.15) is 4.57 Å². The molecule has 142 valence electrons. The summed E-state index contributed by atoms with van der Waals surface area (Å²) < 4.78 is 3.63. The van der Waals surface area contributed by atoms with E-state index in [1.165, 1.54) is 31.4 Å². The van der Waals surface area contributed by atoms with E-state index in [1.54, 1.807) is 11.8 Å². The summed E-state index contributed by atoms with van der Waals surface area (Å²) in [6, 6.07) is 14.9. The highest BCUT2D eigenvalue weighted by molar-refractivity contribution is 8.03. The molecule has 0 fully saturated rings. The Hall–Kier alpha value is -1.83. The van der Waals surface area contributed by atoms with Crippen LogP contribution in [0.3, 0.4) is 0 Å². The molecule has 1 aliphatic heterocycles. The lowest BCUT2D eigenvalue weighted by molar-refractivity contribution is -0.658. The fraction of sp³-hybridized carbons (Fsp3) is 0.0870. The van der Waals surface area contributed by atoms with Gasteiger partial charge in [0, 0.05) is 16.5 Å². The Morgan fingerprint density at radius 3 is 2.68 bits per heavy atom. The van der Waals surface area contributed by atoms with Gasteiger partial charge in [-0.15, -0.1) is 6.58 Å². The van der Waals surface area contributed by atoms with Crippen molar-refractivity contribution >= 4 is 45.1 Å². The van der Waals surface area contributed by atoms with E-state index in [9.17, 15) is 0 Å². The van der Waals surface area contributed by atoms with Crippen LogP contribution in [0.5, 0.6) is 0 Å². The van der Waals surface area contributed by atoms with Crippen molar-refractivity contribution in [3.8, 4) is 0 Å². The lowest BCUT2D eigenvalue weighted by Gasteiger charge is -1.98. The summed E-state index contributed by atoms with van der Waals surface area (Å²) in [5.41, 5.74) is 3.78. The van der Waals surface area contributed by atoms with Gasteiger partial charge in [-0.25, -0.2) is 0 Å². The molecule has 2 aromatic carbocycles. The van der Waals surface area contributed by atoms with Crippen molar-refractivity contribution in [2.24, 2.45) is 0 Å². The second-order valence-electron chi connectivity index (χ2n) is 6.21. The van der Waals surface area contributed by atoms with Gasteiger partial charge in [0.15, 0.2) is 6.54 Å². The first-order valence-corrected chi connectivity index (χ1v) is 10.5. The summed E-state index contributed by atoms with van der Waals surface area (Å²) in [5.74, 6) is 0. The van der Waals surface area contributed by atoms with Crippen molar-refractivity contribution in [1.29, 1.82) is 0 Å². The van der Waals surface area contributed by atoms with Crippen LogP contribution in [-0.4, -0.2) is 0 Å². The molecular formula is C23H21IN2S2. The monoisotopic (exact) mass is 516 g/mol. The Morgan fingerprint density at radius 1 is 1.04 bits per heavy atom. The molecule has 5 heteroatoms. The molecule has 0 spiro atoms. The minimum atomic E-state index is 0. The van der Waals surface area contributed by atoms with Crippen LogP contribution < -0.4 is 33.9 Å². The van der Waals surface area contributed by atoms with Gasteiger partial charge in [0.2, 0.25) is 5.52 Å². The Bertz CT molecular complexity index is 1050. The maximum atomic E-state index is 3.94. The predicted octanol–water partition coefficient (Wildman–Crippen LogP) is 3.18. The molecule has 0 bridgehead atoms. The highest BCUT2D eigenvalue weighted by Crippen LogP contribution is 2.40. The fourth-order valence-corrected chi connectivity index (χ4v) is 5.27. The molecule has 28 heavy (non-hydrogen) atoms. The van der Waals surface area contributed by atoms with Crippen LogP contribution in [-0.2, 0) is 13.0 Å². The summed E-state index contributed by atoms with van der Waals surface area (Å²) in [5, 5.41) is 5.83. The number of thioether (sulfide) groups is 1. The molecule has 2 heterocycles. The smallest absolute Gasteiger partial charge is 0.263 e. The molecule has 0 aliphatic carbocycles. The van der Waals surface area contributed by atoms with Crippen molar-refractivity contribution in [2.45, 2.75) is 17.9 Å². The molecule has 0 unspecified atom stereocenters. The highest BCUT2D eigenvalue weighted by Gasteiger charge is 2.20. The number of para-hydroxylation sites is 2. The average molecular weight is 516 g/mol. The zero-order chi connectivity index (χ0) is 18.6. The first-order valence-electron chi connectivity index (χ1n) is 8.88. The molecule has 0 saturated carbocycles. The molecule has 0 saturated heterocycles. The third-order valence-electron chi connectivity index (χ3n) is 4.36. The van der Waals surface area contributed by atoms with Gasteiger partial charge in [0.1, 0.15) is 4.70 Å². The van der Waals surface area contributed by atoms with Crippen molar-refractivity contribution in [1.82, 2.24) is 0 Å². The van der Waals surface area contributed by atoms with Crippen LogP contribution in [0.25, 0.3) is 16.3 Å². The van der Waals surface area contributed by atoms with Gasteiger partial charge < -0.3 is 29.3 Å². The minimum Gasteiger partial charge on any atom is -1.00 e. The Labute approximate surface area is 191 Å². The molecule has 0 atom stereocenters. The lowest BCUT2D eigenvalue weighted by Crippen LogP contribution is -3.00. The molecular weight excluding hydrogens is 495 g/mol. The van der Waals surface area contributed by atoms with Crippen LogP contribution in [0.2, 0.25) is 0 Å². The summed E-state index contributed by atoms with van der Waals surface area (Å²) in [4.78, 5) is 1.27. The maximum absolute atomic E-state index is 3.94. The van der Waals surface area contributed by atoms with Gasteiger partial charge in [-0.05, 0) is 36.8 Å². The zero-order valence-corrected chi connectivity index (χ0v) is 19.2. The van der Waals surface area contributed by atoms with Crippen molar-refractivity contribution < 1.29 is 28.5 Å². The third kappa shape index (κ3) is 4.26. The van der Waals surface area contributed by atoms with E-state index < -0.39 is 0 Å². The quantitative estimate of drug-likeness (QED) is 0.308. The Balaban J connectivity index is 0.00000225. The average Bonchev–Trinajstić information content (AvgIpc) is 3.24.